The first-order valence-corrected chi connectivity index (χ1v) is 11.2. The summed E-state index contributed by atoms with van der Waals surface area (Å²) in [5.74, 6) is 1.52. The van der Waals surface area contributed by atoms with Gasteiger partial charge in [0.15, 0.2) is 11.5 Å². The number of nitrogens with zero attached hydrogens (tertiary/aromatic N) is 3. The normalized spacial score (nSPS) is 15.3. The van der Waals surface area contributed by atoms with Gasteiger partial charge in [-0.3, -0.25) is 9.13 Å². The number of para-hydroxylation sites is 1. The lowest BCUT2D eigenvalue weighted by molar-refractivity contribution is 0.354. The van der Waals surface area contributed by atoms with Gasteiger partial charge in [-0.2, -0.15) is 0 Å². The van der Waals surface area contributed by atoms with Crippen molar-refractivity contribution in [3.63, 3.8) is 0 Å². The minimum atomic E-state index is -0.0689. The Morgan fingerprint density at radius 3 is 2.25 bits per heavy atom. The zero-order chi connectivity index (χ0) is 23.0. The molecule has 0 bridgehead atoms. The SMILES string of the molecule is CCc1cccc(CC)c1/N=c1/cc2n(c(=O)n1C)CC(C)c1cc(OC)c(OC)cc1-2. The Hall–Kier alpha value is -3.28. The Balaban J connectivity index is 2.03. The van der Waals surface area contributed by atoms with E-state index in [1.54, 1.807) is 25.8 Å². The molecule has 4 rings (SSSR count). The first kappa shape index (κ1) is 21.9. The van der Waals surface area contributed by atoms with Crippen molar-refractivity contribution in [1.82, 2.24) is 9.13 Å². The highest BCUT2D eigenvalue weighted by Crippen LogP contribution is 2.41. The molecule has 0 saturated heterocycles. The summed E-state index contributed by atoms with van der Waals surface area (Å²) in [6, 6.07) is 12.3. The lowest BCUT2D eigenvalue weighted by Gasteiger charge is -2.28. The first-order chi connectivity index (χ1) is 15.4. The maximum atomic E-state index is 13.4. The molecule has 32 heavy (non-hydrogen) atoms. The van der Waals surface area contributed by atoms with Crippen LogP contribution in [-0.2, 0) is 26.4 Å². The number of fused-ring (bicyclic) bond motifs is 3. The summed E-state index contributed by atoms with van der Waals surface area (Å²) in [5, 5.41) is 0. The second kappa shape index (κ2) is 8.69. The summed E-state index contributed by atoms with van der Waals surface area (Å²) in [6.45, 7) is 7.00. The van der Waals surface area contributed by atoms with Gasteiger partial charge in [0.1, 0.15) is 5.49 Å². The van der Waals surface area contributed by atoms with Crippen LogP contribution >= 0.6 is 0 Å². The molecule has 3 aromatic rings. The van der Waals surface area contributed by atoms with Crippen molar-refractivity contribution in [3.8, 4) is 22.8 Å². The highest BCUT2D eigenvalue weighted by atomic mass is 16.5. The molecule has 6 heteroatoms. The standard InChI is InChI=1S/C26H31N3O3/c1-7-17-10-9-11-18(8-2)25(17)27-24-14-21-20-13-23(32-6)22(31-5)12-19(20)16(3)15-29(21)26(30)28(24)4/h9-14,16H,7-8,15H2,1-6H3/b27-24-. The van der Waals surface area contributed by atoms with Gasteiger partial charge in [-0.15, -0.1) is 0 Å². The fourth-order valence-electron chi connectivity index (χ4n) is 4.56. The third-order valence-electron chi connectivity index (χ3n) is 6.43. The van der Waals surface area contributed by atoms with Gasteiger partial charge in [0, 0.05) is 31.1 Å². The lowest BCUT2D eigenvalue weighted by Crippen LogP contribution is -2.41. The van der Waals surface area contributed by atoms with Crippen LogP contribution in [0.3, 0.4) is 0 Å². The van der Waals surface area contributed by atoms with Crippen molar-refractivity contribution in [2.24, 2.45) is 12.0 Å². The molecular formula is C26H31N3O3. The smallest absolute Gasteiger partial charge is 0.329 e. The molecule has 0 N–H and O–H groups in total. The monoisotopic (exact) mass is 433 g/mol. The van der Waals surface area contributed by atoms with Crippen molar-refractivity contribution >= 4 is 5.69 Å². The van der Waals surface area contributed by atoms with Gasteiger partial charge < -0.3 is 9.47 Å². The molecule has 1 aromatic heterocycles. The van der Waals surface area contributed by atoms with E-state index in [2.05, 4.69) is 39.0 Å². The molecule has 0 aliphatic carbocycles. The van der Waals surface area contributed by atoms with E-state index < -0.39 is 0 Å². The number of benzene rings is 2. The van der Waals surface area contributed by atoms with E-state index in [4.69, 9.17) is 14.5 Å². The predicted molar refractivity (Wildman–Crippen MR) is 127 cm³/mol. The molecule has 1 atom stereocenters. The fraction of sp³-hybridized carbons (Fsp3) is 0.385. The molecule has 0 fully saturated rings. The maximum Gasteiger partial charge on any atom is 0.329 e. The van der Waals surface area contributed by atoms with Gasteiger partial charge in [0.25, 0.3) is 0 Å². The molecule has 0 spiro atoms. The molecule has 1 aliphatic heterocycles. The van der Waals surface area contributed by atoms with Gasteiger partial charge in [-0.25, -0.2) is 9.79 Å². The van der Waals surface area contributed by atoms with Crippen LogP contribution in [0.4, 0.5) is 5.69 Å². The van der Waals surface area contributed by atoms with Crippen LogP contribution in [0.1, 0.15) is 43.4 Å². The lowest BCUT2D eigenvalue weighted by atomic mass is 9.89. The van der Waals surface area contributed by atoms with E-state index in [1.165, 1.54) is 11.1 Å². The van der Waals surface area contributed by atoms with Gasteiger partial charge >= 0.3 is 5.69 Å². The Labute approximate surface area is 188 Å². The molecule has 2 aromatic carbocycles. The Morgan fingerprint density at radius 2 is 1.66 bits per heavy atom. The third-order valence-corrected chi connectivity index (χ3v) is 6.43. The summed E-state index contributed by atoms with van der Waals surface area (Å²) in [7, 11) is 5.07. The number of ether oxygens (including phenoxy) is 2. The summed E-state index contributed by atoms with van der Waals surface area (Å²) in [5.41, 5.74) is 6.89. The summed E-state index contributed by atoms with van der Waals surface area (Å²) >= 11 is 0. The van der Waals surface area contributed by atoms with Gasteiger partial charge in [0.05, 0.1) is 25.6 Å². The number of aromatic nitrogens is 2. The van der Waals surface area contributed by atoms with E-state index in [0.29, 0.717) is 23.5 Å². The topological polar surface area (TPSA) is 57.8 Å². The highest BCUT2D eigenvalue weighted by Gasteiger charge is 2.26. The zero-order valence-electron chi connectivity index (χ0n) is 19.7. The second-order valence-corrected chi connectivity index (χ2v) is 8.28. The van der Waals surface area contributed by atoms with Gasteiger partial charge in [0.2, 0.25) is 0 Å². The van der Waals surface area contributed by atoms with Crippen molar-refractivity contribution in [2.45, 2.75) is 46.1 Å². The molecule has 0 saturated carbocycles. The Bertz CT molecular complexity index is 1280. The van der Waals surface area contributed by atoms with Crippen molar-refractivity contribution in [2.75, 3.05) is 14.2 Å². The Morgan fingerprint density at radius 1 is 1.03 bits per heavy atom. The average Bonchev–Trinajstić information content (AvgIpc) is 2.82. The minimum Gasteiger partial charge on any atom is -0.493 e. The molecule has 168 valence electrons. The van der Waals surface area contributed by atoms with Crippen LogP contribution in [-0.4, -0.2) is 23.4 Å². The zero-order valence-corrected chi connectivity index (χ0v) is 19.7. The first-order valence-electron chi connectivity index (χ1n) is 11.2. The average molecular weight is 434 g/mol. The van der Waals surface area contributed by atoms with E-state index in [9.17, 15) is 4.79 Å². The predicted octanol–water partition coefficient (Wildman–Crippen LogP) is 4.35. The largest absolute Gasteiger partial charge is 0.493 e. The molecule has 1 aliphatic rings. The maximum absolute atomic E-state index is 13.4. The quantitative estimate of drug-likeness (QED) is 0.601. The Kier molecular flexibility index (Phi) is 5.96. The van der Waals surface area contributed by atoms with Crippen LogP contribution in [0.25, 0.3) is 11.3 Å². The minimum absolute atomic E-state index is 0.0689. The second-order valence-electron chi connectivity index (χ2n) is 8.28. The number of hydrogen-bond acceptors (Lipinski definition) is 4. The van der Waals surface area contributed by atoms with Gasteiger partial charge in [-0.1, -0.05) is 39.0 Å². The van der Waals surface area contributed by atoms with E-state index >= 15 is 0 Å². The molecule has 1 unspecified atom stereocenters. The molecule has 0 amide bonds. The third kappa shape index (κ3) is 3.53. The van der Waals surface area contributed by atoms with E-state index in [1.807, 2.05) is 22.8 Å². The summed E-state index contributed by atoms with van der Waals surface area (Å²) < 4.78 is 14.6. The molecule has 2 heterocycles. The fourth-order valence-corrected chi connectivity index (χ4v) is 4.56. The number of hydrogen-bond donors (Lipinski definition) is 0. The van der Waals surface area contributed by atoms with Crippen LogP contribution < -0.4 is 20.7 Å². The molecule has 6 nitrogen and oxygen atoms in total. The number of methoxy groups -OCH3 is 2. The van der Waals surface area contributed by atoms with Crippen molar-refractivity contribution in [3.05, 3.63) is 69.1 Å². The van der Waals surface area contributed by atoms with Crippen molar-refractivity contribution < 1.29 is 9.47 Å². The van der Waals surface area contributed by atoms with Crippen LogP contribution in [0, 0.1) is 0 Å². The summed E-state index contributed by atoms with van der Waals surface area (Å²) in [4.78, 5) is 18.4. The van der Waals surface area contributed by atoms with Gasteiger partial charge in [-0.05, 0) is 41.7 Å². The van der Waals surface area contributed by atoms with Crippen LogP contribution in [0.15, 0.2) is 46.2 Å². The summed E-state index contributed by atoms with van der Waals surface area (Å²) in [6.07, 6.45) is 1.77. The number of rotatable bonds is 5. The van der Waals surface area contributed by atoms with Crippen LogP contribution in [0.5, 0.6) is 11.5 Å². The highest BCUT2D eigenvalue weighted by molar-refractivity contribution is 5.71. The molecular weight excluding hydrogens is 402 g/mol. The van der Waals surface area contributed by atoms with E-state index in [0.717, 1.165) is 35.3 Å². The van der Waals surface area contributed by atoms with E-state index in [-0.39, 0.29) is 11.6 Å². The van der Waals surface area contributed by atoms with Crippen molar-refractivity contribution in [1.29, 1.82) is 0 Å². The van der Waals surface area contributed by atoms with Crippen LogP contribution in [0.2, 0.25) is 0 Å². The number of aryl methyl sites for hydroxylation is 2. The molecule has 0 radical (unpaired) electrons.